The molecule has 0 aliphatic rings. The third-order valence-electron chi connectivity index (χ3n) is 1.97. The molecule has 0 fully saturated rings. The number of hydrogen-bond acceptors (Lipinski definition) is 1. The van der Waals surface area contributed by atoms with E-state index in [0.29, 0.717) is 11.4 Å². The number of hydrogen-bond donors (Lipinski definition) is 1. The van der Waals surface area contributed by atoms with Crippen LogP contribution in [0.3, 0.4) is 0 Å². The number of rotatable bonds is 4. The fraction of sp³-hybridized carbons (Fsp3) is 0.273. The van der Waals surface area contributed by atoms with E-state index in [-0.39, 0.29) is 0 Å². The van der Waals surface area contributed by atoms with Gasteiger partial charge in [-0.3, -0.25) is 0 Å². The van der Waals surface area contributed by atoms with Crippen LogP contribution in [0, 0.1) is 0 Å². The summed E-state index contributed by atoms with van der Waals surface area (Å²) in [7, 11) is 0. The quantitative estimate of drug-likeness (QED) is 0.820. The van der Waals surface area contributed by atoms with Gasteiger partial charge in [-0.1, -0.05) is 39.7 Å². The lowest BCUT2D eigenvalue weighted by molar-refractivity contribution is 0.168. The second-order valence-corrected chi connectivity index (χ2v) is 4.34. The Bertz CT molecular complexity index is 325. The van der Waals surface area contributed by atoms with Crippen LogP contribution >= 0.6 is 27.5 Å². The first kappa shape index (κ1) is 11.8. The number of aliphatic hydroxyl groups excluding tert-OH is 1. The van der Waals surface area contributed by atoms with E-state index < -0.39 is 6.10 Å². The molecule has 1 aromatic rings. The topological polar surface area (TPSA) is 20.2 Å². The number of halogens is 2. The van der Waals surface area contributed by atoms with Gasteiger partial charge in [0.1, 0.15) is 0 Å². The third kappa shape index (κ3) is 3.12. The zero-order chi connectivity index (χ0) is 10.6. The van der Waals surface area contributed by atoms with Gasteiger partial charge in [0, 0.05) is 9.50 Å². The molecule has 0 aliphatic carbocycles. The van der Waals surface area contributed by atoms with Crippen LogP contribution in [-0.2, 0) is 0 Å². The minimum Gasteiger partial charge on any atom is -0.388 e. The van der Waals surface area contributed by atoms with E-state index in [9.17, 15) is 5.11 Å². The van der Waals surface area contributed by atoms with E-state index in [0.717, 1.165) is 16.5 Å². The zero-order valence-corrected chi connectivity index (χ0v) is 10.1. The lowest BCUT2D eigenvalue weighted by atomic mass is 10.1. The lowest BCUT2D eigenvalue weighted by Crippen LogP contribution is -1.97. The van der Waals surface area contributed by atoms with Gasteiger partial charge in [0.15, 0.2) is 0 Å². The molecule has 0 amide bonds. The minimum atomic E-state index is -0.459. The number of benzene rings is 1. The largest absolute Gasteiger partial charge is 0.388 e. The van der Waals surface area contributed by atoms with Gasteiger partial charge in [-0.2, -0.15) is 0 Å². The fourth-order valence-electron chi connectivity index (χ4n) is 1.20. The van der Waals surface area contributed by atoms with Gasteiger partial charge < -0.3 is 5.11 Å². The highest BCUT2D eigenvalue weighted by Crippen LogP contribution is 2.28. The van der Waals surface area contributed by atoms with Gasteiger partial charge in [0.25, 0.3) is 0 Å². The van der Waals surface area contributed by atoms with Gasteiger partial charge in [0.2, 0.25) is 0 Å². The molecule has 1 rings (SSSR count). The Kier molecular flexibility index (Phi) is 4.66. The Morgan fingerprint density at radius 1 is 1.57 bits per heavy atom. The normalized spacial score (nSPS) is 12.5. The first-order valence-electron chi connectivity index (χ1n) is 4.39. The second kappa shape index (κ2) is 5.54. The van der Waals surface area contributed by atoms with Crippen LogP contribution < -0.4 is 0 Å². The summed E-state index contributed by atoms with van der Waals surface area (Å²) < 4.78 is 0.849. The molecule has 0 saturated carbocycles. The van der Waals surface area contributed by atoms with Crippen molar-refractivity contribution in [3.8, 4) is 0 Å². The summed E-state index contributed by atoms with van der Waals surface area (Å²) in [6, 6.07) is 5.40. The van der Waals surface area contributed by atoms with Gasteiger partial charge in [-0.05, 0) is 30.5 Å². The number of allylic oxidation sites excluding steroid dienone is 1. The molecule has 0 saturated heterocycles. The summed E-state index contributed by atoms with van der Waals surface area (Å²) in [4.78, 5) is 0. The molecule has 1 atom stereocenters. The van der Waals surface area contributed by atoms with E-state index in [4.69, 9.17) is 11.6 Å². The molecule has 0 heterocycles. The summed E-state index contributed by atoms with van der Waals surface area (Å²) in [6.07, 6.45) is 2.83. The maximum atomic E-state index is 9.80. The summed E-state index contributed by atoms with van der Waals surface area (Å²) in [5.74, 6) is 0. The van der Waals surface area contributed by atoms with Gasteiger partial charge in [0.05, 0.1) is 6.10 Å². The lowest BCUT2D eigenvalue weighted by Gasteiger charge is -2.11. The summed E-state index contributed by atoms with van der Waals surface area (Å²) >= 11 is 9.17. The molecule has 1 unspecified atom stereocenters. The second-order valence-electron chi connectivity index (χ2n) is 3.05. The SMILES string of the molecule is C=CCCC(O)c1ccc(Cl)cc1Br. The molecule has 3 heteroatoms. The molecule has 0 aliphatic heterocycles. The maximum Gasteiger partial charge on any atom is 0.0803 e. The summed E-state index contributed by atoms with van der Waals surface area (Å²) in [5.41, 5.74) is 0.872. The van der Waals surface area contributed by atoms with Crippen molar-refractivity contribution in [2.75, 3.05) is 0 Å². The Balaban J connectivity index is 2.78. The van der Waals surface area contributed by atoms with Crippen LogP contribution in [0.25, 0.3) is 0 Å². The summed E-state index contributed by atoms with van der Waals surface area (Å²) in [5, 5.41) is 10.5. The highest BCUT2D eigenvalue weighted by Gasteiger charge is 2.10. The van der Waals surface area contributed by atoms with E-state index >= 15 is 0 Å². The Morgan fingerprint density at radius 2 is 2.29 bits per heavy atom. The van der Waals surface area contributed by atoms with E-state index in [2.05, 4.69) is 22.5 Å². The predicted octanol–water partition coefficient (Wildman–Crippen LogP) is 4.10. The molecule has 14 heavy (non-hydrogen) atoms. The average Bonchev–Trinajstić information content (AvgIpc) is 2.14. The van der Waals surface area contributed by atoms with Crippen LogP contribution in [0.4, 0.5) is 0 Å². The van der Waals surface area contributed by atoms with Gasteiger partial charge >= 0.3 is 0 Å². The molecular weight excluding hydrogens is 263 g/mol. The van der Waals surface area contributed by atoms with Crippen molar-refractivity contribution in [2.45, 2.75) is 18.9 Å². The molecule has 1 N–H and O–H groups in total. The minimum absolute atomic E-state index is 0.459. The van der Waals surface area contributed by atoms with Crippen molar-refractivity contribution in [1.29, 1.82) is 0 Å². The smallest absolute Gasteiger partial charge is 0.0803 e. The molecule has 0 spiro atoms. The fourth-order valence-corrected chi connectivity index (χ4v) is 2.15. The van der Waals surface area contributed by atoms with Crippen LogP contribution in [0.5, 0.6) is 0 Å². The van der Waals surface area contributed by atoms with Crippen molar-refractivity contribution in [3.05, 3.63) is 45.9 Å². The van der Waals surface area contributed by atoms with E-state index in [1.807, 2.05) is 6.07 Å². The predicted molar refractivity (Wildman–Crippen MR) is 63.5 cm³/mol. The molecule has 1 nitrogen and oxygen atoms in total. The Labute approximate surface area is 97.5 Å². The van der Waals surface area contributed by atoms with Crippen LogP contribution in [-0.4, -0.2) is 5.11 Å². The highest BCUT2D eigenvalue weighted by molar-refractivity contribution is 9.10. The van der Waals surface area contributed by atoms with Crippen LogP contribution in [0.15, 0.2) is 35.3 Å². The highest BCUT2D eigenvalue weighted by atomic mass is 79.9. The Morgan fingerprint density at radius 3 is 2.86 bits per heavy atom. The molecule has 0 aromatic heterocycles. The third-order valence-corrected chi connectivity index (χ3v) is 2.89. The monoisotopic (exact) mass is 274 g/mol. The Hall–Kier alpha value is -0.310. The van der Waals surface area contributed by atoms with Crippen molar-refractivity contribution >= 4 is 27.5 Å². The first-order valence-corrected chi connectivity index (χ1v) is 5.56. The standard InChI is InChI=1S/C11H12BrClO/c1-2-3-4-11(14)9-6-5-8(13)7-10(9)12/h2,5-7,11,14H,1,3-4H2. The molecular formula is C11H12BrClO. The molecule has 0 radical (unpaired) electrons. The van der Waals surface area contributed by atoms with Gasteiger partial charge in [-0.15, -0.1) is 6.58 Å². The first-order chi connectivity index (χ1) is 6.65. The van der Waals surface area contributed by atoms with Crippen molar-refractivity contribution in [3.63, 3.8) is 0 Å². The van der Waals surface area contributed by atoms with Gasteiger partial charge in [-0.25, -0.2) is 0 Å². The summed E-state index contributed by atoms with van der Waals surface area (Å²) in [6.45, 7) is 3.62. The molecule has 1 aromatic carbocycles. The van der Waals surface area contributed by atoms with E-state index in [1.165, 1.54) is 0 Å². The van der Waals surface area contributed by atoms with Crippen LogP contribution in [0.1, 0.15) is 24.5 Å². The maximum absolute atomic E-state index is 9.80. The van der Waals surface area contributed by atoms with Crippen LogP contribution in [0.2, 0.25) is 5.02 Å². The average molecular weight is 276 g/mol. The van der Waals surface area contributed by atoms with Crippen molar-refractivity contribution in [2.24, 2.45) is 0 Å². The molecule has 76 valence electrons. The van der Waals surface area contributed by atoms with Crippen molar-refractivity contribution in [1.82, 2.24) is 0 Å². The van der Waals surface area contributed by atoms with E-state index in [1.54, 1.807) is 18.2 Å². The zero-order valence-electron chi connectivity index (χ0n) is 7.71. The van der Waals surface area contributed by atoms with Crippen molar-refractivity contribution < 1.29 is 5.11 Å². The molecule has 0 bridgehead atoms. The number of aliphatic hydroxyl groups is 1.